The zero-order chi connectivity index (χ0) is 14.2. The first-order valence-electron chi connectivity index (χ1n) is 5.97. The molecule has 0 aromatic rings. The van der Waals surface area contributed by atoms with Crippen molar-refractivity contribution >= 4 is 16.0 Å². The van der Waals surface area contributed by atoms with Crippen LogP contribution in [0.5, 0.6) is 0 Å². The van der Waals surface area contributed by atoms with Gasteiger partial charge in [0, 0.05) is 13.1 Å². The molecule has 6 nitrogen and oxygen atoms in total. The van der Waals surface area contributed by atoms with Crippen molar-refractivity contribution in [2.75, 3.05) is 25.9 Å². The van der Waals surface area contributed by atoms with E-state index in [1.165, 1.54) is 0 Å². The highest BCUT2D eigenvalue weighted by molar-refractivity contribution is 7.88. The third kappa shape index (κ3) is 13.4. The molecule has 0 bridgehead atoms. The van der Waals surface area contributed by atoms with Crippen molar-refractivity contribution in [2.24, 2.45) is 0 Å². The monoisotopic (exact) mass is 280 g/mol. The van der Waals surface area contributed by atoms with Crippen molar-refractivity contribution in [1.29, 1.82) is 0 Å². The number of nitrogens with one attached hydrogen (secondary N) is 2. The molecule has 0 heterocycles. The van der Waals surface area contributed by atoms with Gasteiger partial charge in [-0.2, -0.15) is 0 Å². The molecule has 18 heavy (non-hydrogen) atoms. The smallest absolute Gasteiger partial charge is 0.307 e. The van der Waals surface area contributed by atoms with Crippen LogP contribution in [0, 0.1) is 0 Å². The van der Waals surface area contributed by atoms with Crippen molar-refractivity contribution in [2.45, 2.75) is 39.2 Å². The highest BCUT2D eigenvalue weighted by Gasteiger charge is 2.15. The second kappa shape index (κ2) is 7.70. The van der Waals surface area contributed by atoms with Crippen LogP contribution in [0.1, 0.15) is 33.6 Å². The van der Waals surface area contributed by atoms with Gasteiger partial charge in [0.05, 0.1) is 12.7 Å². The number of hydrogen-bond donors (Lipinski definition) is 2. The van der Waals surface area contributed by atoms with Crippen molar-refractivity contribution < 1.29 is 17.9 Å². The Labute approximate surface area is 110 Å². The summed E-state index contributed by atoms with van der Waals surface area (Å²) < 4.78 is 29.0. The molecule has 0 saturated heterocycles. The molecule has 7 heteroatoms. The van der Waals surface area contributed by atoms with E-state index in [1.807, 2.05) is 20.8 Å². The van der Waals surface area contributed by atoms with E-state index in [0.29, 0.717) is 32.5 Å². The standard InChI is InChI=1S/C11H24N2O4S/c1-11(2,3)17-10(14)6-9-12-7-5-8-13-18(4,15)16/h12-13H,5-9H2,1-4H3. The lowest BCUT2D eigenvalue weighted by Crippen LogP contribution is -2.29. The first-order chi connectivity index (χ1) is 8.10. The molecule has 2 N–H and O–H groups in total. The number of sulfonamides is 1. The molecule has 0 spiro atoms. The van der Waals surface area contributed by atoms with E-state index in [4.69, 9.17) is 4.74 Å². The normalized spacial score (nSPS) is 12.4. The molecular formula is C11H24N2O4S. The van der Waals surface area contributed by atoms with Crippen LogP contribution >= 0.6 is 0 Å². The van der Waals surface area contributed by atoms with Crippen LogP contribution in [0.15, 0.2) is 0 Å². The number of ether oxygens (including phenoxy) is 1. The maximum absolute atomic E-state index is 11.3. The van der Waals surface area contributed by atoms with Crippen LogP contribution in [0.2, 0.25) is 0 Å². The Morgan fingerprint density at radius 2 is 1.78 bits per heavy atom. The Hall–Kier alpha value is -0.660. The van der Waals surface area contributed by atoms with Crippen molar-refractivity contribution in [1.82, 2.24) is 10.0 Å². The zero-order valence-corrected chi connectivity index (χ0v) is 12.4. The summed E-state index contributed by atoms with van der Waals surface area (Å²) in [5.74, 6) is -0.232. The van der Waals surface area contributed by atoms with Gasteiger partial charge in [-0.05, 0) is 33.7 Å². The summed E-state index contributed by atoms with van der Waals surface area (Å²) >= 11 is 0. The van der Waals surface area contributed by atoms with Gasteiger partial charge in [0.15, 0.2) is 0 Å². The molecule has 0 atom stereocenters. The van der Waals surface area contributed by atoms with Gasteiger partial charge in [-0.1, -0.05) is 0 Å². The van der Waals surface area contributed by atoms with E-state index in [2.05, 4.69) is 10.0 Å². The average Bonchev–Trinajstić information content (AvgIpc) is 2.11. The summed E-state index contributed by atoms with van der Waals surface area (Å²) in [5.41, 5.74) is -0.448. The second-order valence-corrected chi connectivity index (χ2v) is 6.94. The van der Waals surface area contributed by atoms with E-state index >= 15 is 0 Å². The molecule has 108 valence electrons. The molecule has 0 aromatic carbocycles. The molecular weight excluding hydrogens is 256 g/mol. The van der Waals surface area contributed by atoms with Crippen molar-refractivity contribution in [3.8, 4) is 0 Å². The number of carbonyl (C=O) groups is 1. The minimum Gasteiger partial charge on any atom is -0.460 e. The van der Waals surface area contributed by atoms with E-state index < -0.39 is 15.6 Å². The summed E-state index contributed by atoms with van der Waals surface area (Å²) in [7, 11) is -3.10. The van der Waals surface area contributed by atoms with Crippen LogP contribution in [0.3, 0.4) is 0 Å². The number of esters is 1. The lowest BCUT2D eigenvalue weighted by Gasteiger charge is -2.19. The van der Waals surface area contributed by atoms with Gasteiger partial charge in [0.25, 0.3) is 0 Å². The van der Waals surface area contributed by atoms with E-state index in [-0.39, 0.29) is 5.97 Å². The fraction of sp³-hybridized carbons (Fsp3) is 0.909. The summed E-state index contributed by atoms with van der Waals surface area (Å²) in [4.78, 5) is 11.3. The third-order valence-electron chi connectivity index (χ3n) is 1.82. The first-order valence-corrected chi connectivity index (χ1v) is 7.86. The molecule has 0 aliphatic rings. The fourth-order valence-corrected chi connectivity index (χ4v) is 1.69. The predicted molar refractivity (Wildman–Crippen MR) is 70.8 cm³/mol. The van der Waals surface area contributed by atoms with Crippen LogP contribution < -0.4 is 10.0 Å². The predicted octanol–water partition coefficient (Wildman–Crippen LogP) is 0.247. The average molecular weight is 280 g/mol. The molecule has 0 amide bonds. The Balaban J connectivity index is 3.44. The minimum absolute atomic E-state index is 0.232. The SMILES string of the molecule is CC(C)(C)OC(=O)CCNCCCNS(C)(=O)=O. The van der Waals surface area contributed by atoms with Gasteiger partial charge < -0.3 is 10.1 Å². The summed E-state index contributed by atoms with van der Waals surface area (Å²) in [6.07, 6.45) is 2.13. The van der Waals surface area contributed by atoms with Crippen molar-refractivity contribution in [3.05, 3.63) is 0 Å². The summed E-state index contributed by atoms with van der Waals surface area (Å²) in [6, 6.07) is 0. The number of carbonyl (C=O) groups excluding carboxylic acids is 1. The molecule has 0 fully saturated rings. The Morgan fingerprint density at radius 1 is 1.17 bits per heavy atom. The topological polar surface area (TPSA) is 84.5 Å². The molecule has 0 unspecified atom stereocenters. The van der Waals surface area contributed by atoms with E-state index in [0.717, 1.165) is 6.26 Å². The maximum Gasteiger partial charge on any atom is 0.307 e. The van der Waals surface area contributed by atoms with E-state index in [9.17, 15) is 13.2 Å². The van der Waals surface area contributed by atoms with Gasteiger partial charge in [-0.25, -0.2) is 13.1 Å². The molecule has 0 saturated carbocycles. The van der Waals surface area contributed by atoms with Crippen LogP contribution in [-0.2, 0) is 19.6 Å². The Morgan fingerprint density at radius 3 is 2.28 bits per heavy atom. The largest absolute Gasteiger partial charge is 0.460 e. The zero-order valence-electron chi connectivity index (χ0n) is 11.6. The van der Waals surface area contributed by atoms with Gasteiger partial charge in [0.1, 0.15) is 5.60 Å². The van der Waals surface area contributed by atoms with E-state index in [1.54, 1.807) is 0 Å². The molecule has 0 aromatic heterocycles. The van der Waals surface area contributed by atoms with Crippen LogP contribution in [0.25, 0.3) is 0 Å². The summed E-state index contributed by atoms with van der Waals surface area (Å²) in [6.45, 7) is 7.08. The molecule has 0 aliphatic carbocycles. The third-order valence-corrected chi connectivity index (χ3v) is 2.55. The fourth-order valence-electron chi connectivity index (χ4n) is 1.18. The van der Waals surface area contributed by atoms with Gasteiger partial charge in [-0.15, -0.1) is 0 Å². The molecule has 0 rings (SSSR count). The molecule has 0 radical (unpaired) electrons. The maximum atomic E-state index is 11.3. The highest BCUT2D eigenvalue weighted by atomic mass is 32.2. The van der Waals surface area contributed by atoms with Gasteiger partial charge in [-0.3, -0.25) is 4.79 Å². The summed E-state index contributed by atoms with van der Waals surface area (Å²) in [5, 5.41) is 3.05. The lowest BCUT2D eigenvalue weighted by atomic mass is 10.2. The number of rotatable bonds is 8. The Kier molecular flexibility index (Phi) is 7.42. The first kappa shape index (κ1) is 17.3. The Bertz CT molecular complexity index is 347. The van der Waals surface area contributed by atoms with Gasteiger partial charge in [0.2, 0.25) is 10.0 Å². The lowest BCUT2D eigenvalue weighted by molar-refractivity contribution is -0.154. The highest BCUT2D eigenvalue weighted by Crippen LogP contribution is 2.07. The minimum atomic E-state index is -3.10. The van der Waals surface area contributed by atoms with Gasteiger partial charge >= 0.3 is 5.97 Å². The second-order valence-electron chi connectivity index (χ2n) is 5.11. The van der Waals surface area contributed by atoms with Crippen molar-refractivity contribution in [3.63, 3.8) is 0 Å². The number of hydrogen-bond acceptors (Lipinski definition) is 5. The van der Waals surface area contributed by atoms with Crippen LogP contribution in [-0.4, -0.2) is 45.9 Å². The van der Waals surface area contributed by atoms with Crippen LogP contribution in [0.4, 0.5) is 0 Å². The molecule has 0 aliphatic heterocycles. The quantitative estimate of drug-likeness (QED) is 0.492.